The SMILES string of the molecule is CCNCc1ccc(Sc2nc3ccccc3[nH]2)cc1C. The van der Waals surface area contributed by atoms with Crippen LogP contribution in [-0.4, -0.2) is 16.5 Å². The Morgan fingerprint density at radius 3 is 2.81 bits per heavy atom. The van der Waals surface area contributed by atoms with Gasteiger partial charge in [-0.15, -0.1) is 0 Å². The van der Waals surface area contributed by atoms with E-state index in [2.05, 4.69) is 53.4 Å². The second kappa shape index (κ2) is 6.33. The Bertz CT molecular complexity index is 716. The first kappa shape index (κ1) is 14.2. The van der Waals surface area contributed by atoms with Crippen LogP contribution in [0.25, 0.3) is 11.0 Å². The number of fused-ring (bicyclic) bond motifs is 1. The molecule has 3 nitrogen and oxygen atoms in total. The average Bonchev–Trinajstić information content (AvgIpc) is 2.88. The molecule has 0 saturated carbocycles. The molecule has 2 N–H and O–H groups in total. The van der Waals surface area contributed by atoms with E-state index in [0.717, 1.165) is 29.3 Å². The van der Waals surface area contributed by atoms with Gasteiger partial charge in [0, 0.05) is 11.4 Å². The number of hydrogen-bond acceptors (Lipinski definition) is 3. The number of aryl methyl sites for hydroxylation is 1. The van der Waals surface area contributed by atoms with E-state index in [1.54, 1.807) is 11.8 Å². The maximum absolute atomic E-state index is 4.60. The fraction of sp³-hybridized carbons (Fsp3) is 0.235. The first-order valence-electron chi connectivity index (χ1n) is 7.19. The monoisotopic (exact) mass is 297 g/mol. The maximum atomic E-state index is 4.60. The molecular weight excluding hydrogens is 278 g/mol. The van der Waals surface area contributed by atoms with Gasteiger partial charge in [0.05, 0.1) is 11.0 Å². The maximum Gasteiger partial charge on any atom is 0.171 e. The van der Waals surface area contributed by atoms with E-state index in [1.807, 2.05) is 18.2 Å². The lowest BCUT2D eigenvalue weighted by Crippen LogP contribution is -2.12. The minimum absolute atomic E-state index is 0.928. The predicted molar refractivity (Wildman–Crippen MR) is 88.8 cm³/mol. The van der Waals surface area contributed by atoms with Crippen LogP contribution in [0.3, 0.4) is 0 Å². The van der Waals surface area contributed by atoms with E-state index in [9.17, 15) is 0 Å². The van der Waals surface area contributed by atoms with Gasteiger partial charge in [-0.05, 0) is 48.9 Å². The number of aromatic amines is 1. The van der Waals surface area contributed by atoms with Crippen molar-refractivity contribution in [2.45, 2.75) is 30.4 Å². The van der Waals surface area contributed by atoms with Gasteiger partial charge in [-0.3, -0.25) is 0 Å². The summed E-state index contributed by atoms with van der Waals surface area (Å²) in [7, 11) is 0. The van der Waals surface area contributed by atoms with Crippen LogP contribution in [0.1, 0.15) is 18.1 Å². The summed E-state index contributed by atoms with van der Waals surface area (Å²) >= 11 is 1.67. The number of nitrogens with zero attached hydrogens (tertiary/aromatic N) is 1. The van der Waals surface area contributed by atoms with Gasteiger partial charge in [0.1, 0.15) is 0 Å². The van der Waals surface area contributed by atoms with Crippen LogP contribution in [-0.2, 0) is 6.54 Å². The number of hydrogen-bond donors (Lipinski definition) is 2. The summed E-state index contributed by atoms with van der Waals surface area (Å²) in [6.07, 6.45) is 0. The van der Waals surface area contributed by atoms with Crippen LogP contribution in [0.5, 0.6) is 0 Å². The quantitative estimate of drug-likeness (QED) is 0.744. The highest BCUT2D eigenvalue weighted by atomic mass is 32.2. The third kappa shape index (κ3) is 3.28. The van der Waals surface area contributed by atoms with E-state index < -0.39 is 0 Å². The lowest BCUT2D eigenvalue weighted by Gasteiger charge is -2.08. The highest BCUT2D eigenvalue weighted by molar-refractivity contribution is 7.99. The molecule has 4 heteroatoms. The fourth-order valence-electron chi connectivity index (χ4n) is 2.28. The van der Waals surface area contributed by atoms with Gasteiger partial charge in [0.15, 0.2) is 5.16 Å². The Hall–Kier alpha value is -1.78. The predicted octanol–water partition coefficient (Wildman–Crippen LogP) is 4.13. The smallest absolute Gasteiger partial charge is 0.171 e. The molecule has 0 atom stereocenters. The van der Waals surface area contributed by atoms with Crippen LogP contribution < -0.4 is 5.32 Å². The molecule has 0 fully saturated rings. The largest absolute Gasteiger partial charge is 0.333 e. The topological polar surface area (TPSA) is 40.7 Å². The third-order valence-electron chi connectivity index (χ3n) is 3.46. The molecule has 2 aromatic carbocycles. The number of nitrogens with one attached hydrogen (secondary N) is 2. The van der Waals surface area contributed by atoms with Crippen LogP contribution >= 0.6 is 11.8 Å². The van der Waals surface area contributed by atoms with Crippen molar-refractivity contribution in [1.29, 1.82) is 0 Å². The molecule has 0 bridgehead atoms. The summed E-state index contributed by atoms with van der Waals surface area (Å²) in [5.74, 6) is 0. The summed E-state index contributed by atoms with van der Waals surface area (Å²) < 4.78 is 0. The van der Waals surface area contributed by atoms with Crippen molar-refractivity contribution >= 4 is 22.8 Å². The molecule has 0 amide bonds. The van der Waals surface area contributed by atoms with Crippen molar-refractivity contribution in [2.24, 2.45) is 0 Å². The second-order valence-corrected chi connectivity index (χ2v) is 6.09. The first-order chi connectivity index (χ1) is 10.3. The van der Waals surface area contributed by atoms with Crippen LogP contribution in [0.4, 0.5) is 0 Å². The van der Waals surface area contributed by atoms with Gasteiger partial charge in [0.2, 0.25) is 0 Å². The van der Waals surface area contributed by atoms with Crippen LogP contribution in [0, 0.1) is 6.92 Å². The minimum Gasteiger partial charge on any atom is -0.333 e. The van der Waals surface area contributed by atoms with Gasteiger partial charge >= 0.3 is 0 Å². The molecule has 0 saturated heterocycles. The van der Waals surface area contributed by atoms with E-state index in [-0.39, 0.29) is 0 Å². The Balaban J connectivity index is 1.79. The van der Waals surface area contributed by atoms with E-state index in [0.29, 0.717) is 0 Å². The normalized spacial score (nSPS) is 11.1. The molecule has 0 aliphatic heterocycles. The zero-order valence-electron chi connectivity index (χ0n) is 12.3. The van der Waals surface area contributed by atoms with Crippen molar-refractivity contribution in [1.82, 2.24) is 15.3 Å². The highest BCUT2D eigenvalue weighted by Crippen LogP contribution is 2.28. The van der Waals surface area contributed by atoms with Gasteiger partial charge < -0.3 is 10.3 Å². The number of para-hydroxylation sites is 2. The lowest BCUT2D eigenvalue weighted by molar-refractivity contribution is 0.723. The summed E-state index contributed by atoms with van der Waals surface area (Å²) in [6.45, 7) is 6.21. The van der Waals surface area contributed by atoms with Crippen molar-refractivity contribution in [2.75, 3.05) is 6.54 Å². The van der Waals surface area contributed by atoms with Crippen LogP contribution in [0.15, 0.2) is 52.5 Å². The second-order valence-electron chi connectivity index (χ2n) is 5.03. The highest BCUT2D eigenvalue weighted by Gasteiger charge is 2.06. The Kier molecular flexibility index (Phi) is 4.27. The molecule has 3 aromatic rings. The number of aromatic nitrogens is 2. The van der Waals surface area contributed by atoms with E-state index in [4.69, 9.17) is 0 Å². The number of rotatable bonds is 5. The molecule has 0 spiro atoms. The van der Waals surface area contributed by atoms with Crippen molar-refractivity contribution in [3.8, 4) is 0 Å². The van der Waals surface area contributed by atoms with Crippen molar-refractivity contribution in [3.63, 3.8) is 0 Å². The molecule has 21 heavy (non-hydrogen) atoms. The summed E-state index contributed by atoms with van der Waals surface area (Å²) in [5.41, 5.74) is 4.77. The lowest BCUT2D eigenvalue weighted by atomic mass is 10.1. The molecule has 0 aliphatic carbocycles. The van der Waals surface area contributed by atoms with Gasteiger partial charge in [0.25, 0.3) is 0 Å². The molecule has 108 valence electrons. The summed E-state index contributed by atoms with van der Waals surface area (Å²) in [4.78, 5) is 9.17. The van der Waals surface area contributed by atoms with Crippen LogP contribution in [0.2, 0.25) is 0 Å². The molecule has 1 aromatic heterocycles. The molecule has 0 unspecified atom stereocenters. The van der Waals surface area contributed by atoms with Crippen molar-refractivity contribution in [3.05, 3.63) is 53.6 Å². The van der Waals surface area contributed by atoms with Crippen molar-refractivity contribution < 1.29 is 0 Å². The van der Waals surface area contributed by atoms with Gasteiger partial charge in [-0.25, -0.2) is 4.98 Å². The zero-order chi connectivity index (χ0) is 14.7. The molecule has 0 aliphatic rings. The Labute approximate surface area is 129 Å². The molecule has 0 radical (unpaired) electrons. The minimum atomic E-state index is 0.928. The van der Waals surface area contributed by atoms with E-state index in [1.165, 1.54) is 16.0 Å². The zero-order valence-corrected chi connectivity index (χ0v) is 13.1. The molecule has 3 rings (SSSR count). The van der Waals surface area contributed by atoms with E-state index >= 15 is 0 Å². The standard InChI is InChI=1S/C17H19N3S/c1-3-18-11-13-8-9-14(10-12(13)2)21-17-19-15-6-4-5-7-16(15)20-17/h4-10,18H,3,11H2,1-2H3,(H,19,20). The summed E-state index contributed by atoms with van der Waals surface area (Å²) in [6, 6.07) is 14.7. The Morgan fingerprint density at radius 1 is 1.19 bits per heavy atom. The average molecular weight is 297 g/mol. The summed E-state index contributed by atoms with van der Waals surface area (Å²) in [5, 5.41) is 4.31. The van der Waals surface area contributed by atoms with Gasteiger partial charge in [-0.1, -0.05) is 36.9 Å². The third-order valence-corrected chi connectivity index (χ3v) is 4.34. The number of benzene rings is 2. The number of imidazole rings is 1. The first-order valence-corrected chi connectivity index (χ1v) is 8.01. The number of H-pyrrole nitrogens is 1. The Morgan fingerprint density at radius 2 is 2.05 bits per heavy atom. The van der Waals surface area contributed by atoms with Gasteiger partial charge in [-0.2, -0.15) is 0 Å². The molecular formula is C17H19N3S. The molecule has 1 heterocycles. The fourth-order valence-corrected chi connectivity index (χ4v) is 3.18.